The summed E-state index contributed by atoms with van der Waals surface area (Å²) in [5.74, 6) is 0.184. The molecule has 29 heavy (non-hydrogen) atoms. The lowest BCUT2D eigenvalue weighted by Gasteiger charge is -2.28. The van der Waals surface area contributed by atoms with Crippen molar-refractivity contribution in [2.24, 2.45) is 0 Å². The Morgan fingerprint density at radius 1 is 1.14 bits per heavy atom. The molecule has 0 spiro atoms. The molecule has 0 radical (unpaired) electrons. The molecule has 0 aliphatic carbocycles. The highest BCUT2D eigenvalue weighted by atomic mass is 35.5. The standard InChI is InChI=1S/C23H29ClN2O3/c1-5-25-23(28)18(4)26(12-11-19-9-7-6-8-10-19)21(27)15-29-20-13-16(2)22(24)17(3)14-20/h6-10,13-14,18H,5,11-12,15H2,1-4H3,(H,25,28). The van der Waals surface area contributed by atoms with E-state index in [0.29, 0.717) is 30.3 Å². The van der Waals surface area contributed by atoms with Gasteiger partial charge >= 0.3 is 0 Å². The van der Waals surface area contributed by atoms with Crippen molar-refractivity contribution in [3.05, 3.63) is 64.2 Å². The summed E-state index contributed by atoms with van der Waals surface area (Å²) >= 11 is 6.19. The first kappa shape index (κ1) is 22.8. The number of hydrogen-bond acceptors (Lipinski definition) is 3. The van der Waals surface area contributed by atoms with Crippen LogP contribution < -0.4 is 10.1 Å². The number of hydrogen-bond donors (Lipinski definition) is 1. The first-order chi connectivity index (χ1) is 13.8. The minimum absolute atomic E-state index is 0.140. The molecule has 0 aliphatic heterocycles. The summed E-state index contributed by atoms with van der Waals surface area (Å²) in [6.45, 7) is 8.20. The average Bonchev–Trinajstić information content (AvgIpc) is 2.71. The Hall–Kier alpha value is -2.53. The van der Waals surface area contributed by atoms with E-state index in [1.165, 1.54) is 0 Å². The van der Waals surface area contributed by atoms with Gasteiger partial charge in [0.1, 0.15) is 11.8 Å². The molecule has 156 valence electrons. The van der Waals surface area contributed by atoms with Crippen molar-refractivity contribution in [2.45, 2.75) is 40.2 Å². The molecule has 6 heteroatoms. The fraction of sp³-hybridized carbons (Fsp3) is 0.391. The number of rotatable bonds is 9. The van der Waals surface area contributed by atoms with Crippen molar-refractivity contribution in [2.75, 3.05) is 19.7 Å². The third-order valence-corrected chi connectivity index (χ3v) is 5.37. The zero-order chi connectivity index (χ0) is 21.4. The van der Waals surface area contributed by atoms with E-state index < -0.39 is 6.04 Å². The van der Waals surface area contributed by atoms with Gasteiger partial charge in [-0.05, 0) is 62.9 Å². The van der Waals surface area contributed by atoms with Crippen LogP contribution in [0.5, 0.6) is 5.75 Å². The second kappa shape index (κ2) is 10.9. The predicted molar refractivity (Wildman–Crippen MR) is 116 cm³/mol. The summed E-state index contributed by atoms with van der Waals surface area (Å²) < 4.78 is 5.73. The van der Waals surface area contributed by atoms with Gasteiger partial charge in [0.15, 0.2) is 6.61 Å². The Balaban J connectivity index is 2.09. The molecule has 0 aliphatic rings. The summed E-state index contributed by atoms with van der Waals surface area (Å²) in [7, 11) is 0. The second-order valence-corrected chi connectivity index (χ2v) is 7.43. The monoisotopic (exact) mass is 416 g/mol. The van der Waals surface area contributed by atoms with Crippen LogP contribution in [0, 0.1) is 13.8 Å². The molecule has 1 atom stereocenters. The molecule has 1 unspecified atom stereocenters. The Morgan fingerprint density at radius 3 is 2.34 bits per heavy atom. The van der Waals surface area contributed by atoms with Crippen molar-refractivity contribution >= 4 is 23.4 Å². The predicted octanol–water partition coefficient (Wildman–Crippen LogP) is 3.93. The third kappa shape index (κ3) is 6.50. The van der Waals surface area contributed by atoms with Crippen molar-refractivity contribution in [1.82, 2.24) is 10.2 Å². The second-order valence-electron chi connectivity index (χ2n) is 7.05. The van der Waals surface area contributed by atoms with Gasteiger partial charge in [-0.3, -0.25) is 9.59 Å². The van der Waals surface area contributed by atoms with Gasteiger partial charge in [-0.1, -0.05) is 41.9 Å². The van der Waals surface area contributed by atoms with Crippen LogP contribution in [0.3, 0.4) is 0 Å². The van der Waals surface area contributed by atoms with Crippen molar-refractivity contribution in [3.8, 4) is 5.75 Å². The lowest BCUT2D eigenvalue weighted by molar-refractivity contribution is -0.141. The van der Waals surface area contributed by atoms with Gasteiger partial charge in [0.2, 0.25) is 5.91 Å². The van der Waals surface area contributed by atoms with E-state index in [4.69, 9.17) is 16.3 Å². The summed E-state index contributed by atoms with van der Waals surface area (Å²) in [5.41, 5.74) is 2.90. The van der Waals surface area contributed by atoms with Gasteiger partial charge in [0.25, 0.3) is 5.91 Å². The van der Waals surface area contributed by atoms with Gasteiger partial charge in [-0.25, -0.2) is 0 Å². The molecule has 2 amide bonds. The number of likely N-dealkylation sites (N-methyl/N-ethyl adjacent to an activating group) is 1. The summed E-state index contributed by atoms with van der Waals surface area (Å²) in [4.78, 5) is 26.8. The number of nitrogens with one attached hydrogen (secondary N) is 1. The van der Waals surface area contributed by atoms with Crippen LogP contribution in [0.25, 0.3) is 0 Å². The molecule has 0 heterocycles. The largest absolute Gasteiger partial charge is 0.484 e. The lowest BCUT2D eigenvalue weighted by Crippen LogP contribution is -2.50. The molecule has 0 bridgehead atoms. The first-order valence-electron chi connectivity index (χ1n) is 9.84. The summed E-state index contributed by atoms with van der Waals surface area (Å²) in [6.07, 6.45) is 0.662. The number of aryl methyl sites for hydroxylation is 2. The van der Waals surface area contributed by atoms with Gasteiger partial charge < -0.3 is 15.0 Å². The number of halogens is 1. The number of carbonyl (C=O) groups is 2. The average molecular weight is 417 g/mol. The fourth-order valence-corrected chi connectivity index (χ4v) is 3.22. The Bertz CT molecular complexity index is 816. The zero-order valence-electron chi connectivity index (χ0n) is 17.5. The van der Waals surface area contributed by atoms with Crippen LogP contribution in [0.15, 0.2) is 42.5 Å². The van der Waals surface area contributed by atoms with Gasteiger partial charge in [-0.2, -0.15) is 0 Å². The van der Waals surface area contributed by atoms with Crippen molar-refractivity contribution in [3.63, 3.8) is 0 Å². The normalized spacial score (nSPS) is 11.6. The highest BCUT2D eigenvalue weighted by Crippen LogP contribution is 2.25. The minimum Gasteiger partial charge on any atom is -0.484 e. The number of amides is 2. The maximum absolute atomic E-state index is 12.9. The van der Waals surface area contributed by atoms with E-state index in [0.717, 1.165) is 16.7 Å². The van der Waals surface area contributed by atoms with Gasteiger partial charge in [0.05, 0.1) is 0 Å². The summed E-state index contributed by atoms with van der Waals surface area (Å²) in [5, 5.41) is 3.48. The van der Waals surface area contributed by atoms with Crippen LogP contribution in [-0.2, 0) is 16.0 Å². The maximum Gasteiger partial charge on any atom is 0.261 e. The Labute approximate surface area is 178 Å². The summed E-state index contributed by atoms with van der Waals surface area (Å²) in [6, 6.07) is 12.9. The molecule has 0 fully saturated rings. The van der Waals surface area contributed by atoms with Gasteiger partial charge in [-0.15, -0.1) is 0 Å². The maximum atomic E-state index is 12.9. The number of carbonyl (C=O) groups excluding carboxylic acids is 2. The topological polar surface area (TPSA) is 58.6 Å². The molecule has 5 nitrogen and oxygen atoms in total. The van der Waals surface area contributed by atoms with Crippen molar-refractivity contribution in [1.29, 1.82) is 0 Å². The third-order valence-electron chi connectivity index (χ3n) is 4.77. The van der Waals surface area contributed by atoms with Crippen LogP contribution in [-0.4, -0.2) is 42.5 Å². The quantitative estimate of drug-likeness (QED) is 0.673. The molecular formula is C23H29ClN2O3. The molecule has 2 aromatic rings. The van der Waals surface area contributed by atoms with E-state index in [1.54, 1.807) is 11.8 Å². The smallest absolute Gasteiger partial charge is 0.261 e. The SMILES string of the molecule is CCNC(=O)C(C)N(CCc1ccccc1)C(=O)COc1cc(C)c(Cl)c(C)c1. The number of ether oxygens (including phenoxy) is 1. The Morgan fingerprint density at radius 2 is 1.76 bits per heavy atom. The molecule has 2 rings (SSSR count). The number of benzene rings is 2. The molecule has 0 saturated carbocycles. The van der Waals surface area contributed by atoms with Crippen LogP contribution in [0.1, 0.15) is 30.5 Å². The van der Waals surface area contributed by atoms with Crippen LogP contribution in [0.2, 0.25) is 5.02 Å². The first-order valence-corrected chi connectivity index (χ1v) is 10.2. The van der Waals surface area contributed by atoms with E-state index in [1.807, 2.05) is 63.2 Å². The van der Waals surface area contributed by atoms with E-state index in [9.17, 15) is 9.59 Å². The molecule has 0 saturated heterocycles. The molecule has 2 aromatic carbocycles. The van der Waals surface area contributed by atoms with Gasteiger partial charge in [0, 0.05) is 18.1 Å². The highest BCUT2D eigenvalue weighted by Gasteiger charge is 2.25. The Kier molecular flexibility index (Phi) is 8.52. The van der Waals surface area contributed by atoms with E-state index in [-0.39, 0.29) is 18.4 Å². The fourth-order valence-electron chi connectivity index (χ4n) is 3.11. The van der Waals surface area contributed by atoms with E-state index >= 15 is 0 Å². The van der Waals surface area contributed by atoms with Crippen LogP contribution in [0.4, 0.5) is 0 Å². The molecule has 1 N–H and O–H groups in total. The van der Waals surface area contributed by atoms with Crippen molar-refractivity contribution < 1.29 is 14.3 Å². The van der Waals surface area contributed by atoms with Crippen LogP contribution >= 0.6 is 11.6 Å². The van der Waals surface area contributed by atoms with E-state index in [2.05, 4.69) is 5.32 Å². The molecular weight excluding hydrogens is 388 g/mol. The molecule has 0 aromatic heterocycles. The zero-order valence-corrected chi connectivity index (χ0v) is 18.3. The lowest BCUT2D eigenvalue weighted by atomic mass is 10.1. The number of nitrogens with zero attached hydrogens (tertiary/aromatic N) is 1. The highest BCUT2D eigenvalue weighted by molar-refractivity contribution is 6.32. The minimum atomic E-state index is -0.580.